The number of terminal acetylenes is 1. The fourth-order valence-electron chi connectivity index (χ4n) is 1.74. The van der Waals surface area contributed by atoms with Gasteiger partial charge in [-0.2, -0.15) is 4.39 Å². The first-order valence-electron chi connectivity index (χ1n) is 6.07. The van der Waals surface area contributed by atoms with Crippen molar-refractivity contribution >= 4 is 6.21 Å². The molecule has 0 aromatic heterocycles. The lowest BCUT2D eigenvalue weighted by molar-refractivity contribution is 0.275. The van der Waals surface area contributed by atoms with Crippen molar-refractivity contribution in [2.45, 2.75) is 25.8 Å². The van der Waals surface area contributed by atoms with Crippen LogP contribution in [0.4, 0.5) is 4.39 Å². The van der Waals surface area contributed by atoms with Crippen LogP contribution in [0.25, 0.3) is 0 Å². The maximum absolute atomic E-state index is 13.2. The minimum Gasteiger partial charge on any atom is -0.314 e. The highest BCUT2D eigenvalue weighted by Gasteiger charge is 2.17. The highest BCUT2D eigenvalue weighted by Crippen LogP contribution is 2.06. The third kappa shape index (κ3) is 5.12. The van der Waals surface area contributed by atoms with Gasteiger partial charge in [0.15, 0.2) is 0 Å². The molecule has 1 rings (SSSR count). The Bertz CT molecular complexity index is 317. The fourth-order valence-corrected chi connectivity index (χ4v) is 1.74. The van der Waals surface area contributed by atoms with Gasteiger partial charge in [0.2, 0.25) is 5.95 Å². The molecule has 3 nitrogen and oxygen atoms in total. The Morgan fingerprint density at radius 1 is 1.71 bits per heavy atom. The normalized spacial score (nSPS) is 23.6. The predicted molar refractivity (Wildman–Crippen MR) is 69.7 cm³/mol. The number of nitrogens with zero attached hydrogens (tertiary/aromatic N) is 2. The Kier molecular flexibility index (Phi) is 6.53. The molecule has 0 amide bonds. The van der Waals surface area contributed by atoms with E-state index in [-0.39, 0.29) is 6.04 Å². The molecular formula is C13H20FN3. The van der Waals surface area contributed by atoms with E-state index in [1.165, 1.54) is 6.08 Å². The first-order valence-corrected chi connectivity index (χ1v) is 6.07. The second kappa shape index (κ2) is 7.99. The highest BCUT2D eigenvalue weighted by atomic mass is 19.1. The Labute approximate surface area is 103 Å². The van der Waals surface area contributed by atoms with Crippen molar-refractivity contribution < 1.29 is 4.39 Å². The molecule has 0 spiro atoms. The molecule has 1 saturated heterocycles. The fraction of sp³-hybridized carbons (Fsp3) is 0.615. The van der Waals surface area contributed by atoms with Gasteiger partial charge in [-0.15, -0.1) is 6.42 Å². The van der Waals surface area contributed by atoms with Gasteiger partial charge in [0.05, 0.1) is 6.04 Å². The van der Waals surface area contributed by atoms with Crippen LogP contribution < -0.4 is 5.32 Å². The van der Waals surface area contributed by atoms with Crippen LogP contribution in [-0.2, 0) is 0 Å². The van der Waals surface area contributed by atoms with Crippen LogP contribution in [0.1, 0.15) is 19.8 Å². The number of hydrogen-bond acceptors (Lipinski definition) is 3. The molecule has 1 heterocycles. The molecular weight excluding hydrogens is 217 g/mol. The minimum absolute atomic E-state index is 0.0386. The quantitative estimate of drug-likeness (QED) is 0.456. The Balaban J connectivity index is 2.53. The van der Waals surface area contributed by atoms with Gasteiger partial charge in [-0.05, 0) is 25.5 Å². The third-order valence-corrected chi connectivity index (χ3v) is 2.66. The molecule has 0 bridgehead atoms. The van der Waals surface area contributed by atoms with Gasteiger partial charge in [-0.1, -0.05) is 12.8 Å². The topological polar surface area (TPSA) is 27.6 Å². The second-order valence-electron chi connectivity index (χ2n) is 3.98. The maximum atomic E-state index is 13.2. The molecule has 0 saturated carbocycles. The number of nitrogens with one attached hydrogen (secondary N) is 1. The van der Waals surface area contributed by atoms with Crippen molar-refractivity contribution in [2.75, 3.05) is 26.2 Å². The van der Waals surface area contributed by atoms with Crippen molar-refractivity contribution in [2.24, 2.45) is 4.99 Å². The molecule has 0 radical (unpaired) electrons. The zero-order chi connectivity index (χ0) is 12.5. The van der Waals surface area contributed by atoms with Gasteiger partial charge < -0.3 is 5.32 Å². The standard InChI is InChI=1S/C13H20FN3/c1-3-7-16-13(14)6-10-17-9-5-8-15-11-12(17)4-2/h2,6-7,12,15H,3,5,8-11H2,1H3/b13-6-,16-7?/t12-/m0/s1. The summed E-state index contributed by atoms with van der Waals surface area (Å²) < 4.78 is 13.2. The van der Waals surface area contributed by atoms with Gasteiger partial charge in [-0.3, -0.25) is 4.90 Å². The number of halogens is 1. The molecule has 1 aliphatic rings. The molecule has 94 valence electrons. The Morgan fingerprint density at radius 3 is 3.24 bits per heavy atom. The Morgan fingerprint density at radius 2 is 2.53 bits per heavy atom. The van der Waals surface area contributed by atoms with E-state index in [1.807, 2.05) is 6.92 Å². The first-order chi connectivity index (χ1) is 8.27. The van der Waals surface area contributed by atoms with E-state index in [1.54, 1.807) is 6.21 Å². The second-order valence-corrected chi connectivity index (χ2v) is 3.98. The van der Waals surface area contributed by atoms with Crippen LogP contribution in [0.2, 0.25) is 0 Å². The van der Waals surface area contributed by atoms with E-state index < -0.39 is 5.95 Å². The van der Waals surface area contributed by atoms with Crippen molar-refractivity contribution in [1.82, 2.24) is 10.2 Å². The summed E-state index contributed by atoms with van der Waals surface area (Å²) in [4.78, 5) is 5.78. The van der Waals surface area contributed by atoms with Crippen LogP contribution in [0.5, 0.6) is 0 Å². The monoisotopic (exact) mass is 237 g/mol. The minimum atomic E-state index is -0.431. The van der Waals surface area contributed by atoms with E-state index in [9.17, 15) is 4.39 Å². The van der Waals surface area contributed by atoms with Crippen LogP contribution in [0.3, 0.4) is 0 Å². The summed E-state index contributed by atoms with van der Waals surface area (Å²) in [6.07, 6.45) is 10.3. The van der Waals surface area contributed by atoms with Gasteiger partial charge >= 0.3 is 0 Å². The van der Waals surface area contributed by atoms with Crippen LogP contribution in [0.15, 0.2) is 17.0 Å². The lowest BCUT2D eigenvalue weighted by Gasteiger charge is -2.23. The Hall–Kier alpha value is -1.18. The van der Waals surface area contributed by atoms with Crippen molar-refractivity contribution in [3.63, 3.8) is 0 Å². The lowest BCUT2D eigenvalue weighted by atomic mass is 10.2. The van der Waals surface area contributed by atoms with Crippen molar-refractivity contribution in [3.05, 3.63) is 12.0 Å². The summed E-state index contributed by atoms with van der Waals surface area (Å²) >= 11 is 0. The van der Waals surface area contributed by atoms with E-state index >= 15 is 0 Å². The first kappa shape index (κ1) is 13.9. The van der Waals surface area contributed by atoms with E-state index in [0.717, 1.165) is 32.5 Å². The van der Waals surface area contributed by atoms with Crippen molar-refractivity contribution in [1.29, 1.82) is 0 Å². The van der Waals surface area contributed by atoms with Gasteiger partial charge in [0.1, 0.15) is 0 Å². The zero-order valence-corrected chi connectivity index (χ0v) is 10.3. The number of hydrogen-bond donors (Lipinski definition) is 1. The summed E-state index contributed by atoms with van der Waals surface area (Å²) in [5, 5.41) is 3.27. The molecule has 0 aromatic carbocycles. The molecule has 0 unspecified atom stereocenters. The van der Waals surface area contributed by atoms with Crippen molar-refractivity contribution in [3.8, 4) is 12.3 Å². The summed E-state index contributed by atoms with van der Waals surface area (Å²) in [6, 6.07) is 0.0386. The molecule has 1 fully saturated rings. The van der Waals surface area contributed by atoms with Crippen LogP contribution >= 0.6 is 0 Å². The van der Waals surface area contributed by atoms with E-state index in [4.69, 9.17) is 6.42 Å². The van der Waals surface area contributed by atoms with Crippen LogP contribution in [0, 0.1) is 12.3 Å². The van der Waals surface area contributed by atoms with Gasteiger partial charge in [-0.25, -0.2) is 4.99 Å². The molecule has 0 aliphatic carbocycles. The average Bonchev–Trinajstić information content (AvgIpc) is 2.58. The largest absolute Gasteiger partial charge is 0.314 e. The van der Waals surface area contributed by atoms with E-state index in [2.05, 4.69) is 21.1 Å². The molecule has 17 heavy (non-hydrogen) atoms. The molecule has 1 atom stereocenters. The molecule has 0 aromatic rings. The molecule has 4 heteroatoms. The summed E-state index contributed by atoms with van der Waals surface area (Å²) in [6.45, 7) is 5.07. The summed E-state index contributed by atoms with van der Waals surface area (Å²) in [5.74, 6) is 2.30. The average molecular weight is 237 g/mol. The molecule has 1 N–H and O–H groups in total. The SMILES string of the molecule is C#C[C@H]1CNCCCN1C/C=C(/F)N=CCC. The smallest absolute Gasteiger partial charge is 0.209 e. The predicted octanol–water partition coefficient (Wildman–Crippen LogP) is 1.58. The summed E-state index contributed by atoms with van der Waals surface area (Å²) in [7, 11) is 0. The number of aliphatic imine (C=N–C) groups is 1. The van der Waals surface area contributed by atoms with Crippen LogP contribution in [-0.4, -0.2) is 43.3 Å². The van der Waals surface area contributed by atoms with E-state index in [0.29, 0.717) is 6.54 Å². The van der Waals surface area contributed by atoms with Gasteiger partial charge in [0, 0.05) is 25.8 Å². The number of rotatable bonds is 4. The maximum Gasteiger partial charge on any atom is 0.209 e. The zero-order valence-electron chi connectivity index (χ0n) is 10.3. The summed E-state index contributed by atoms with van der Waals surface area (Å²) in [5.41, 5.74) is 0. The highest BCUT2D eigenvalue weighted by molar-refractivity contribution is 5.57. The van der Waals surface area contributed by atoms with Gasteiger partial charge in [0.25, 0.3) is 0 Å². The lowest BCUT2D eigenvalue weighted by Crippen LogP contribution is -2.38. The third-order valence-electron chi connectivity index (χ3n) is 2.66. The molecule has 1 aliphatic heterocycles.